The molecular formula is C5H6OS. The number of hydrogen-bond acceptors (Lipinski definition) is 2. The van der Waals surface area contributed by atoms with Crippen LogP contribution < -0.4 is 0 Å². The van der Waals surface area contributed by atoms with Crippen LogP contribution in [0.5, 0.6) is 0 Å². The zero-order valence-electron chi connectivity index (χ0n) is 3.94. The van der Waals surface area contributed by atoms with Gasteiger partial charge in [0.05, 0.1) is 0 Å². The lowest BCUT2D eigenvalue weighted by Gasteiger charge is -2.08. The highest BCUT2D eigenvalue weighted by Crippen LogP contribution is 2.04. The molecule has 7 heavy (non-hydrogen) atoms. The third-order valence-corrected chi connectivity index (χ3v) is 1.12. The lowest BCUT2D eigenvalue weighted by atomic mass is 10.2. The van der Waals surface area contributed by atoms with E-state index in [1.54, 1.807) is 0 Å². The van der Waals surface area contributed by atoms with Crippen LogP contribution in [0.4, 0.5) is 0 Å². The molecule has 0 aromatic heterocycles. The van der Waals surface area contributed by atoms with Gasteiger partial charge in [-0.3, -0.25) is 0 Å². The van der Waals surface area contributed by atoms with E-state index in [9.17, 15) is 0 Å². The predicted molar refractivity (Wildman–Crippen MR) is 31.0 cm³/mol. The molecule has 1 heterocycles. The van der Waals surface area contributed by atoms with Crippen LogP contribution in [0.3, 0.4) is 0 Å². The second-order valence-corrected chi connectivity index (χ2v) is 1.97. The van der Waals surface area contributed by atoms with Crippen LogP contribution in [0.15, 0.2) is 0 Å². The first-order chi connectivity index (χ1) is 3.39. The molecular weight excluding hydrogens is 108 g/mol. The number of ether oxygens (including phenoxy) is 1. The number of hydrogen-bond donors (Lipinski definition) is 0. The van der Waals surface area contributed by atoms with Crippen LogP contribution in [0.2, 0.25) is 0 Å². The van der Waals surface area contributed by atoms with Crippen molar-refractivity contribution in [2.24, 2.45) is 0 Å². The van der Waals surface area contributed by atoms with Crippen LogP contribution >= 0.6 is 12.2 Å². The Morgan fingerprint density at radius 1 is 1.71 bits per heavy atom. The summed E-state index contributed by atoms with van der Waals surface area (Å²) in [5.74, 6) is 0. The average molecular weight is 114 g/mol. The third kappa shape index (κ3) is 1.53. The van der Waals surface area contributed by atoms with E-state index in [0.717, 1.165) is 24.3 Å². The average Bonchev–Trinajstić information content (AvgIpc) is 1.69. The zero-order valence-corrected chi connectivity index (χ0v) is 4.75. The van der Waals surface area contributed by atoms with Gasteiger partial charge in [-0.05, 0) is 12.8 Å². The van der Waals surface area contributed by atoms with E-state index in [0.29, 0.717) is 0 Å². The Morgan fingerprint density at radius 2 is 2.57 bits per heavy atom. The van der Waals surface area contributed by atoms with Gasteiger partial charge in [0.25, 0.3) is 0 Å². The lowest BCUT2D eigenvalue weighted by Crippen LogP contribution is -2.08. The molecule has 1 aliphatic rings. The van der Waals surface area contributed by atoms with Crippen molar-refractivity contribution in [3.63, 3.8) is 0 Å². The van der Waals surface area contributed by atoms with Gasteiger partial charge in [-0.25, -0.2) is 0 Å². The van der Waals surface area contributed by atoms with Crippen molar-refractivity contribution in [3.8, 4) is 0 Å². The molecule has 1 aliphatic heterocycles. The van der Waals surface area contributed by atoms with Crippen molar-refractivity contribution in [2.45, 2.75) is 12.8 Å². The summed E-state index contributed by atoms with van der Waals surface area (Å²) in [7, 11) is 0. The SMILES string of the molecule is S=C1[C]OCCC1. The van der Waals surface area contributed by atoms with Gasteiger partial charge >= 0.3 is 0 Å². The molecule has 0 aromatic carbocycles. The molecule has 1 rings (SSSR count). The summed E-state index contributed by atoms with van der Waals surface area (Å²) >= 11 is 4.77. The first kappa shape index (κ1) is 5.19. The summed E-state index contributed by atoms with van der Waals surface area (Å²) in [5, 5.41) is 0. The maximum absolute atomic E-state index is 4.79. The Hall–Kier alpha value is 0.0500. The molecule has 0 amide bonds. The summed E-state index contributed by atoms with van der Waals surface area (Å²) < 4.78 is 4.79. The highest BCUT2D eigenvalue weighted by atomic mass is 32.1. The molecule has 2 heteroatoms. The molecule has 1 nitrogen and oxygen atoms in total. The van der Waals surface area contributed by atoms with Crippen molar-refractivity contribution in [1.29, 1.82) is 0 Å². The molecule has 1 fully saturated rings. The standard InChI is InChI=1S/C5H6OS/c7-5-2-1-3-6-4-5/h1-3H2. The van der Waals surface area contributed by atoms with Gasteiger partial charge in [0.2, 0.25) is 0 Å². The van der Waals surface area contributed by atoms with E-state index in [1.807, 2.05) is 0 Å². The second kappa shape index (κ2) is 2.38. The molecule has 0 unspecified atom stereocenters. The Bertz CT molecular complexity index is 72.1. The van der Waals surface area contributed by atoms with Crippen LogP contribution in [-0.2, 0) is 4.74 Å². The third-order valence-electron chi connectivity index (χ3n) is 0.836. The summed E-state index contributed by atoms with van der Waals surface area (Å²) in [6.45, 7) is 3.41. The highest BCUT2D eigenvalue weighted by molar-refractivity contribution is 7.80. The van der Waals surface area contributed by atoms with Crippen molar-refractivity contribution < 1.29 is 4.74 Å². The minimum Gasteiger partial charge on any atom is -0.363 e. The van der Waals surface area contributed by atoms with E-state index in [2.05, 4.69) is 6.61 Å². The Morgan fingerprint density at radius 3 is 2.86 bits per heavy atom. The first-order valence-electron chi connectivity index (χ1n) is 2.30. The Kier molecular flexibility index (Phi) is 1.77. The van der Waals surface area contributed by atoms with E-state index < -0.39 is 0 Å². The van der Waals surface area contributed by atoms with E-state index >= 15 is 0 Å². The highest BCUT2D eigenvalue weighted by Gasteiger charge is 2.04. The van der Waals surface area contributed by atoms with Gasteiger partial charge in [0.1, 0.15) is 0 Å². The molecule has 0 saturated carbocycles. The summed E-state index contributed by atoms with van der Waals surface area (Å²) in [6, 6.07) is 0. The molecule has 0 aromatic rings. The topological polar surface area (TPSA) is 9.23 Å². The molecule has 0 atom stereocenters. The second-order valence-electron chi connectivity index (χ2n) is 1.48. The molecule has 1 saturated heterocycles. The fourth-order valence-corrected chi connectivity index (χ4v) is 0.691. The Balaban J connectivity index is 2.25. The van der Waals surface area contributed by atoms with Gasteiger partial charge in [0, 0.05) is 11.5 Å². The van der Waals surface area contributed by atoms with Gasteiger partial charge in [-0.15, -0.1) is 0 Å². The van der Waals surface area contributed by atoms with E-state index in [1.165, 1.54) is 0 Å². The minimum absolute atomic E-state index is 0.792. The van der Waals surface area contributed by atoms with Gasteiger partial charge in [-0.1, -0.05) is 12.2 Å². The Labute approximate surface area is 48.7 Å². The van der Waals surface area contributed by atoms with Crippen LogP contribution in [0.25, 0.3) is 0 Å². The zero-order chi connectivity index (χ0) is 5.11. The molecule has 0 aliphatic carbocycles. The molecule has 0 spiro atoms. The fraction of sp³-hybridized carbons (Fsp3) is 0.600. The fourth-order valence-electron chi connectivity index (χ4n) is 0.487. The number of rotatable bonds is 0. The largest absolute Gasteiger partial charge is 0.363 e. The van der Waals surface area contributed by atoms with Crippen LogP contribution in [0.1, 0.15) is 12.8 Å². The van der Waals surface area contributed by atoms with Crippen LogP contribution in [0, 0.1) is 6.61 Å². The quantitative estimate of drug-likeness (QED) is 0.438. The number of thiocarbonyl (C=S) groups is 1. The molecule has 2 radical (unpaired) electrons. The maximum atomic E-state index is 4.79. The van der Waals surface area contributed by atoms with Crippen LogP contribution in [-0.4, -0.2) is 11.5 Å². The maximum Gasteiger partial charge on any atom is 0.173 e. The van der Waals surface area contributed by atoms with E-state index in [-0.39, 0.29) is 0 Å². The summed E-state index contributed by atoms with van der Waals surface area (Å²) in [4.78, 5) is 0.825. The van der Waals surface area contributed by atoms with Crippen molar-refractivity contribution in [1.82, 2.24) is 0 Å². The smallest absolute Gasteiger partial charge is 0.173 e. The summed E-state index contributed by atoms with van der Waals surface area (Å²) in [5.41, 5.74) is 0. The monoisotopic (exact) mass is 114 g/mol. The van der Waals surface area contributed by atoms with Gasteiger partial charge in [-0.2, -0.15) is 0 Å². The molecule has 38 valence electrons. The first-order valence-corrected chi connectivity index (χ1v) is 2.71. The van der Waals surface area contributed by atoms with Crippen molar-refractivity contribution >= 4 is 17.1 Å². The molecule has 0 N–H and O–H groups in total. The lowest BCUT2D eigenvalue weighted by molar-refractivity contribution is 0.207. The molecule has 0 bridgehead atoms. The minimum atomic E-state index is 0.792. The summed E-state index contributed by atoms with van der Waals surface area (Å²) in [6.07, 6.45) is 2.04. The van der Waals surface area contributed by atoms with Gasteiger partial charge < -0.3 is 4.74 Å². The normalized spacial score (nSPS) is 22.6. The van der Waals surface area contributed by atoms with Crippen molar-refractivity contribution in [3.05, 3.63) is 6.61 Å². The van der Waals surface area contributed by atoms with E-state index in [4.69, 9.17) is 17.0 Å². The predicted octanol–water partition coefficient (Wildman–Crippen LogP) is 1.21. The van der Waals surface area contributed by atoms with Crippen molar-refractivity contribution in [2.75, 3.05) is 6.61 Å². The van der Waals surface area contributed by atoms with Gasteiger partial charge in [0.15, 0.2) is 6.61 Å².